The van der Waals surface area contributed by atoms with E-state index in [2.05, 4.69) is 5.32 Å². The van der Waals surface area contributed by atoms with Gasteiger partial charge in [-0.3, -0.25) is 14.3 Å². The van der Waals surface area contributed by atoms with Crippen LogP contribution in [0.4, 0.5) is 0 Å². The molecule has 1 atom stereocenters. The number of methoxy groups -OCH3 is 1. The standard InChI is InChI=1S/C30H30N4O3/c1-30(29(36)31-20-24-15-9-10-16-27(24)37-2)21-34-26(19-25(32-34)23-13-7-4-8-14-23)28(35)33(30)18-17-22-11-5-3-6-12-22/h3-16,19H,17-18,20-21H2,1-2H3,(H,31,36)/t30-/m1/s1. The number of carbonyl (C=O) groups excluding carboxylic acids is 2. The van der Waals surface area contributed by atoms with Gasteiger partial charge >= 0.3 is 0 Å². The molecule has 0 spiro atoms. The summed E-state index contributed by atoms with van der Waals surface area (Å²) in [6.07, 6.45) is 0.641. The van der Waals surface area contributed by atoms with Gasteiger partial charge in [0.25, 0.3) is 5.91 Å². The summed E-state index contributed by atoms with van der Waals surface area (Å²) >= 11 is 0. The number of para-hydroxylation sites is 1. The molecule has 1 N–H and O–H groups in total. The number of aromatic nitrogens is 2. The molecule has 1 aliphatic rings. The van der Waals surface area contributed by atoms with Crippen LogP contribution in [0.3, 0.4) is 0 Å². The fraction of sp³-hybridized carbons (Fsp3) is 0.233. The van der Waals surface area contributed by atoms with Gasteiger partial charge in [-0.2, -0.15) is 5.10 Å². The van der Waals surface area contributed by atoms with Crippen molar-refractivity contribution in [3.05, 3.63) is 108 Å². The van der Waals surface area contributed by atoms with Gasteiger partial charge in [0.05, 0.1) is 19.3 Å². The second-order valence-corrected chi connectivity index (χ2v) is 9.40. The average molecular weight is 495 g/mol. The molecule has 4 aromatic rings. The number of fused-ring (bicyclic) bond motifs is 1. The molecule has 0 aliphatic carbocycles. The zero-order chi connectivity index (χ0) is 25.8. The van der Waals surface area contributed by atoms with Crippen LogP contribution >= 0.6 is 0 Å². The molecule has 0 radical (unpaired) electrons. The van der Waals surface area contributed by atoms with E-state index >= 15 is 0 Å². The van der Waals surface area contributed by atoms with Crippen LogP contribution in [-0.2, 0) is 24.3 Å². The molecule has 0 saturated carbocycles. The SMILES string of the molecule is COc1ccccc1CNC(=O)[C@@]1(C)Cn2nc(-c3ccccc3)cc2C(=O)N1CCc1ccccc1. The fourth-order valence-corrected chi connectivity index (χ4v) is 4.84. The van der Waals surface area contributed by atoms with E-state index in [9.17, 15) is 9.59 Å². The van der Waals surface area contributed by atoms with Crippen molar-refractivity contribution < 1.29 is 14.3 Å². The molecule has 0 fully saturated rings. The van der Waals surface area contributed by atoms with E-state index in [0.29, 0.717) is 36.6 Å². The molecule has 7 heteroatoms. The van der Waals surface area contributed by atoms with E-state index in [4.69, 9.17) is 9.84 Å². The molecule has 1 aromatic heterocycles. The predicted octanol–water partition coefficient (Wildman–Crippen LogP) is 4.33. The van der Waals surface area contributed by atoms with Crippen LogP contribution in [0.2, 0.25) is 0 Å². The third-order valence-electron chi connectivity index (χ3n) is 6.96. The van der Waals surface area contributed by atoms with Crippen LogP contribution in [0.25, 0.3) is 11.3 Å². The summed E-state index contributed by atoms with van der Waals surface area (Å²) in [5.74, 6) is 0.268. The van der Waals surface area contributed by atoms with Crippen molar-refractivity contribution in [2.75, 3.05) is 13.7 Å². The van der Waals surface area contributed by atoms with Gasteiger partial charge in [-0.25, -0.2) is 0 Å². The van der Waals surface area contributed by atoms with Crippen molar-refractivity contribution in [1.82, 2.24) is 20.0 Å². The van der Waals surface area contributed by atoms with E-state index in [-0.39, 0.29) is 18.4 Å². The molecule has 3 aromatic carbocycles. The number of nitrogens with zero attached hydrogens (tertiary/aromatic N) is 3. The van der Waals surface area contributed by atoms with Gasteiger partial charge in [-0.1, -0.05) is 78.9 Å². The Morgan fingerprint density at radius 1 is 1.00 bits per heavy atom. The van der Waals surface area contributed by atoms with Gasteiger partial charge < -0.3 is 15.0 Å². The lowest BCUT2D eigenvalue weighted by molar-refractivity contribution is -0.133. The number of carbonyl (C=O) groups is 2. The van der Waals surface area contributed by atoms with Gasteiger partial charge in [0, 0.05) is 24.2 Å². The van der Waals surface area contributed by atoms with Crippen LogP contribution in [0, 0.1) is 0 Å². The number of hydrogen-bond acceptors (Lipinski definition) is 4. The van der Waals surface area contributed by atoms with Gasteiger partial charge in [-0.05, 0) is 31.0 Å². The highest BCUT2D eigenvalue weighted by Gasteiger charge is 2.47. The number of benzene rings is 3. The Bertz CT molecular complexity index is 1400. The second kappa shape index (κ2) is 10.3. The first-order valence-electron chi connectivity index (χ1n) is 12.4. The third-order valence-corrected chi connectivity index (χ3v) is 6.96. The Labute approximate surface area is 216 Å². The summed E-state index contributed by atoms with van der Waals surface area (Å²) in [4.78, 5) is 29.3. The molecule has 0 unspecified atom stereocenters. The molecular formula is C30H30N4O3. The first-order valence-corrected chi connectivity index (χ1v) is 12.4. The summed E-state index contributed by atoms with van der Waals surface area (Å²) < 4.78 is 7.11. The molecule has 37 heavy (non-hydrogen) atoms. The highest BCUT2D eigenvalue weighted by molar-refractivity contribution is 6.00. The maximum Gasteiger partial charge on any atom is 0.273 e. The zero-order valence-corrected chi connectivity index (χ0v) is 21.1. The summed E-state index contributed by atoms with van der Waals surface area (Å²) in [6, 6.07) is 29.1. The fourth-order valence-electron chi connectivity index (χ4n) is 4.84. The smallest absolute Gasteiger partial charge is 0.273 e. The number of nitrogens with one attached hydrogen (secondary N) is 1. The minimum Gasteiger partial charge on any atom is -0.496 e. The normalized spacial score (nSPS) is 16.8. The Balaban J connectivity index is 1.45. The Morgan fingerprint density at radius 3 is 2.41 bits per heavy atom. The van der Waals surface area contributed by atoms with Crippen molar-refractivity contribution in [2.45, 2.75) is 32.0 Å². The van der Waals surface area contributed by atoms with Crippen LogP contribution in [0.15, 0.2) is 91.0 Å². The van der Waals surface area contributed by atoms with Crippen LogP contribution < -0.4 is 10.1 Å². The molecule has 5 rings (SSSR count). The van der Waals surface area contributed by atoms with Crippen molar-refractivity contribution in [1.29, 1.82) is 0 Å². The van der Waals surface area contributed by atoms with Crippen LogP contribution in [-0.4, -0.2) is 45.7 Å². The van der Waals surface area contributed by atoms with Crippen LogP contribution in [0.5, 0.6) is 5.75 Å². The summed E-state index contributed by atoms with van der Waals surface area (Å²) in [7, 11) is 1.61. The summed E-state index contributed by atoms with van der Waals surface area (Å²) in [5.41, 5.74) is 2.98. The highest BCUT2D eigenvalue weighted by Crippen LogP contribution is 2.30. The van der Waals surface area contributed by atoms with Crippen molar-refractivity contribution in [3.8, 4) is 17.0 Å². The molecule has 1 aliphatic heterocycles. The first kappa shape index (κ1) is 24.3. The van der Waals surface area contributed by atoms with Crippen LogP contribution in [0.1, 0.15) is 28.5 Å². The summed E-state index contributed by atoms with van der Waals surface area (Å²) in [5, 5.41) is 7.76. The molecule has 0 saturated heterocycles. The van der Waals surface area contributed by atoms with E-state index in [0.717, 1.165) is 16.7 Å². The lowest BCUT2D eigenvalue weighted by Gasteiger charge is -2.43. The maximum absolute atomic E-state index is 13.8. The van der Waals surface area contributed by atoms with E-state index < -0.39 is 5.54 Å². The van der Waals surface area contributed by atoms with E-state index in [1.807, 2.05) is 97.9 Å². The minimum absolute atomic E-state index is 0.202. The van der Waals surface area contributed by atoms with Gasteiger partial charge in [0.15, 0.2) is 0 Å². The summed E-state index contributed by atoms with van der Waals surface area (Å²) in [6.45, 7) is 2.78. The highest BCUT2D eigenvalue weighted by atomic mass is 16.5. The molecular weight excluding hydrogens is 464 g/mol. The Morgan fingerprint density at radius 2 is 1.68 bits per heavy atom. The average Bonchev–Trinajstić information content (AvgIpc) is 3.36. The Hall–Kier alpha value is -4.39. The zero-order valence-electron chi connectivity index (χ0n) is 21.1. The van der Waals surface area contributed by atoms with Gasteiger partial charge in [0.1, 0.15) is 17.0 Å². The van der Waals surface area contributed by atoms with Crippen molar-refractivity contribution >= 4 is 11.8 Å². The van der Waals surface area contributed by atoms with Gasteiger partial charge in [0.2, 0.25) is 5.91 Å². The topological polar surface area (TPSA) is 76.5 Å². The number of ether oxygens (including phenoxy) is 1. The van der Waals surface area contributed by atoms with E-state index in [1.165, 1.54) is 0 Å². The minimum atomic E-state index is -1.12. The quantitative estimate of drug-likeness (QED) is 0.396. The predicted molar refractivity (Wildman–Crippen MR) is 142 cm³/mol. The third kappa shape index (κ3) is 4.85. The molecule has 188 valence electrons. The lowest BCUT2D eigenvalue weighted by atomic mass is 9.94. The molecule has 2 heterocycles. The maximum atomic E-state index is 13.8. The van der Waals surface area contributed by atoms with Gasteiger partial charge in [-0.15, -0.1) is 0 Å². The number of hydrogen-bond donors (Lipinski definition) is 1. The molecule has 7 nitrogen and oxygen atoms in total. The monoisotopic (exact) mass is 494 g/mol. The number of amides is 2. The molecule has 2 amide bonds. The second-order valence-electron chi connectivity index (χ2n) is 9.40. The first-order chi connectivity index (χ1) is 18.0. The Kier molecular flexibility index (Phi) is 6.77. The molecule has 0 bridgehead atoms. The van der Waals surface area contributed by atoms with E-state index in [1.54, 1.807) is 16.7 Å². The van der Waals surface area contributed by atoms with Crippen molar-refractivity contribution in [3.63, 3.8) is 0 Å². The number of rotatable bonds is 8. The largest absolute Gasteiger partial charge is 0.496 e. The lowest BCUT2D eigenvalue weighted by Crippen LogP contribution is -2.64. The van der Waals surface area contributed by atoms with Crippen molar-refractivity contribution in [2.24, 2.45) is 0 Å².